The van der Waals surface area contributed by atoms with Gasteiger partial charge in [0.25, 0.3) is 5.78 Å². The van der Waals surface area contributed by atoms with Gasteiger partial charge in [-0.05, 0) is 0 Å². The summed E-state index contributed by atoms with van der Waals surface area (Å²) >= 11 is 7.07. The Morgan fingerprint density at radius 2 is 2.50 bits per heavy atom. The van der Waals surface area contributed by atoms with Crippen LogP contribution in [-0.2, 0) is 9.53 Å². The van der Waals surface area contributed by atoms with Crippen molar-refractivity contribution in [3.8, 4) is 0 Å². The molecule has 0 N–H and O–H groups in total. The third-order valence-corrected chi connectivity index (χ3v) is 2.91. The van der Waals surface area contributed by atoms with Crippen LogP contribution in [-0.4, -0.2) is 38.4 Å². The standard InChI is InChI=1S/C8H7ClN4O2S/c1-15-7(14)3-16-6-2-5(9)12-8-10-4-11-13(6)8/h2,4H,3H2,1H3. The molecule has 8 heteroatoms. The molecule has 0 aromatic carbocycles. The van der Waals surface area contributed by atoms with Gasteiger partial charge >= 0.3 is 5.97 Å². The highest BCUT2D eigenvalue weighted by atomic mass is 35.5. The molecule has 0 saturated carbocycles. The maximum Gasteiger partial charge on any atom is 0.316 e. The van der Waals surface area contributed by atoms with Gasteiger partial charge in [-0.3, -0.25) is 4.79 Å². The van der Waals surface area contributed by atoms with Gasteiger partial charge in [-0.2, -0.15) is 19.6 Å². The van der Waals surface area contributed by atoms with E-state index < -0.39 is 0 Å². The van der Waals surface area contributed by atoms with E-state index >= 15 is 0 Å². The van der Waals surface area contributed by atoms with Crippen molar-refractivity contribution in [3.05, 3.63) is 17.5 Å². The minimum atomic E-state index is -0.314. The fourth-order valence-corrected chi connectivity index (χ4v) is 2.13. The fraction of sp³-hybridized carbons (Fsp3) is 0.250. The molecule has 2 aromatic heterocycles. The van der Waals surface area contributed by atoms with Crippen LogP contribution >= 0.6 is 23.4 Å². The number of halogens is 1. The average molecular weight is 259 g/mol. The van der Waals surface area contributed by atoms with Crippen LogP contribution in [0.3, 0.4) is 0 Å². The number of ether oxygens (including phenoxy) is 1. The van der Waals surface area contributed by atoms with Crippen LogP contribution in [0.1, 0.15) is 0 Å². The lowest BCUT2D eigenvalue weighted by atomic mass is 10.7. The summed E-state index contributed by atoms with van der Waals surface area (Å²) < 4.78 is 6.06. The van der Waals surface area contributed by atoms with Crippen LogP contribution in [0.4, 0.5) is 0 Å². The molecule has 0 aliphatic rings. The molecule has 0 aliphatic heterocycles. The smallest absolute Gasteiger partial charge is 0.316 e. The highest BCUT2D eigenvalue weighted by molar-refractivity contribution is 7.99. The van der Waals surface area contributed by atoms with Gasteiger partial charge in [-0.15, -0.1) is 0 Å². The highest BCUT2D eigenvalue weighted by Crippen LogP contribution is 2.20. The molecule has 0 fully saturated rings. The lowest BCUT2D eigenvalue weighted by Gasteiger charge is -2.02. The molecule has 2 aromatic rings. The van der Waals surface area contributed by atoms with E-state index in [0.717, 1.165) is 0 Å². The van der Waals surface area contributed by atoms with Crippen molar-refractivity contribution in [2.75, 3.05) is 12.9 Å². The summed E-state index contributed by atoms with van der Waals surface area (Å²) in [6.45, 7) is 0. The van der Waals surface area contributed by atoms with Gasteiger partial charge in [0.2, 0.25) is 0 Å². The summed E-state index contributed by atoms with van der Waals surface area (Å²) in [7, 11) is 1.34. The molecule has 0 atom stereocenters. The monoisotopic (exact) mass is 258 g/mol. The van der Waals surface area contributed by atoms with Crippen molar-refractivity contribution in [2.45, 2.75) is 5.03 Å². The molecular weight excluding hydrogens is 252 g/mol. The van der Waals surface area contributed by atoms with E-state index in [-0.39, 0.29) is 11.7 Å². The summed E-state index contributed by atoms with van der Waals surface area (Å²) in [5.41, 5.74) is 0. The number of nitrogens with zero attached hydrogens (tertiary/aromatic N) is 4. The first kappa shape index (κ1) is 11.2. The molecule has 84 valence electrons. The van der Waals surface area contributed by atoms with Crippen molar-refractivity contribution in [1.29, 1.82) is 0 Å². The Balaban J connectivity index is 2.28. The highest BCUT2D eigenvalue weighted by Gasteiger charge is 2.09. The number of fused-ring (bicyclic) bond motifs is 1. The molecule has 16 heavy (non-hydrogen) atoms. The summed E-state index contributed by atoms with van der Waals surface area (Å²) in [5.74, 6) is 0.275. The van der Waals surface area contributed by atoms with Crippen LogP contribution in [0, 0.1) is 0 Å². The molecule has 0 spiro atoms. The van der Waals surface area contributed by atoms with E-state index in [1.165, 1.54) is 29.7 Å². The Bertz CT molecular complexity index is 530. The molecule has 2 rings (SSSR count). The summed E-state index contributed by atoms with van der Waals surface area (Å²) in [5, 5.41) is 4.98. The third kappa shape index (κ3) is 2.25. The molecule has 0 aliphatic carbocycles. The van der Waals surface area contributed by atoms with Crippen molar-refractivity contribution >= 4 is 35.1 Å². The number of esters is 1. The van der Waals surface area contributed by atoms with Crippen LogP contribution in [0.5, 0.6) is 0 Å². The Morgan fingerprint density at radius 3 is 3.25 bits per heavy atom. The van der Waals surface area contributed by atoms with Crippen molar-refractivity contribution in [2.24, 2.45) is 0 Å². The quantitative estimate of drug-likeness (QED) is 0.466. The minimum Gasteiger partial charge on any atom is -0.468 e. The second-order valence-electron chi connectivity index (χ2n) is 2.75. The van der Waals surface area contributed by atoms with Crippen molar-refractivity contribution in [3.63, 3.8) is 0 Å². The molecule has 0 radical (unpaired) electrons. The maximum atomic E-state index is 11.0. The van der Waals surface area contributed by atoms with E-state index in [0.29, 0.717) is 16.0 Å². The fourth-order valence-electron chi connectivity index (χ4n) is 1.05. The second kappa shape index (κ2) is 4.67. The predicted molar refractivity (Wildman–Crippen MR) is 58.5 cm³/mol. The van der Waals surface area contributed by atoms with E-state index in [1.54, 1.807) is 6.07 Å². The third-order valence-electron chi connectivity index (χ3n) is 1.75. The summed E-state index contributed by atoms with van der Waals surface area (Å²) in [4.78, 5) is 18.9. The lowest BCUT2D eigenvalue weighted by Crippen LogP contribution is -2.04. The summed E-state index contributed by atoms with van der Waals surface area (Å²) in [6.07, 6.45) is 1.38. The largest absolute Gasteiger partial charge is 0.468 e. The molecule has 0 bridgehead atoms. The Labute approximate surface area is 100.0 Å². The number of thioether (sulfide) groups is 1. The first-order valence-electron chi connectivity index (χ1n) is 4.26. The number of carbonyl (C=O) groups excluding carboxylic acids is 1. The van der Waals surface area contributed by atoms with Crippen molar-refractivity contribution in [1.82, 2.24) is 19.6 Å². The van der Waals surface area contributed by atoms with Crippen LogP contribution in [0.15, 0.2) is 17.4 Å². The van der Waals surface area contributed by atoms with Gasteiger partial charge in [0, 0.05) is 6.07 Å². The van der Waals surface area contributed by atoms with Gasteiger partial charge in [-0.25, -0.2) is 0 Å². The van der Waals surface area contributed by atoms with Gasteiger partial charge in [0.1, 0.15) is 16.5 Å². The molecule has 6 nitrogen and oxygen atoms in total. The number of methoxy groups -OCH3 is 1. The maximum absolute atomic E-state index is 11.0. The van der Waals surface area contributed by atoms with Gasteiger partial charge in [-0.1, -0.05) is 23.4 Å². The van der Waals surface area contributed by atoms with Gasteiger partial charge in [0.15, 0.2) is 0 Å². The van der Waals surface area contributed by atoms with Gasteiger partial charge in [0.05, 0.1) is 12.9 Å². The van der Waals surface area contributed by atoms with Gasteiger partial charge < -0.3 is 4.74 Å². The number of carbonyl (C=O) groups is 1. The first-order chi connectivity index (χ1) is 7.70. The molecule has 0 amide bonds. The predicted octanol–water partition coefficient (Wildman–Crippen LogP) is 1.04. The average Bonchev–Trinajstić information content (AvgIpc) is 2.73. The number of hydrogen-bond acceptors (Lipinski definition) is 6. The van der Waals surface area contributed by atoms with Crippen LogP contribution in [0.25, 0.3) is 5.78 Å². The minimum absolute atomic E-state index is 0.186. The SMILES string of the molecule is COC(=O)CSc1cc(Cl)nc2ncnn12. The van der Waals surface area contributed by atoms with Crippen LogP contribution < -0.4 is 0 Å². The van der Waals surface area contributed by atoms with E-state index in [1.807, 2.05) is 0 Å². The molecule has 0 unspecified atom stereocenters. The molecule has 2 heterocycles. The topological polar surface area (TPSA) is 69.4 Å². The number of aromatic nitrogens is 4. The lowest BCUT2D eigenvalue weighted by molar-refractivity contribution is -0.137. The van der Waals surface area contributed by atoms with E-state index in [4.69, 9.17) is 11.6 Å². The zero-order valence-corrected chi connectivity index (χ0v) is 9.83. The van der Waals surface area contributed by atoms with Crippen molar-refractivity contribution < 1.29 is 9.53 Å². The van der Waals surface area contributed by atoms with E-state index in [9.17, 15) is 4.79 Å². The molecule has 0 saturated heterocycles. The summed E-state index contributed by atoms with van der Waals surface area (Å²) in [6, 6.07) is 1.62. The first-order valence-corrected chi connectivity index (χ1v) is 5.63. The number of rotatable bonds is 3. The number of hydrogen-bond donors (Lipinski definition) is 0. The Kier molecular flexibility index (Phi) is 3.25. The molecular formula is C8H7ClN4O2S. The zero-order valence-electron chi connectivity index (χ0n) is 8.25. The van der Waals surface area contributed by atoms with E-state index in [2.05, 4.69) is 19.8 Å². The van der Waals surface area contributed by atoms with Crippen LogP contribution in [0.2, 0.25) is 5.15 Å². The zero-order chi connectivity index (χ0) is 11.5. The normalized spacial score (nSPS) is 10.6. The Hall–Kier alpha value is -1.34. The Morgan fingerprint density at radius 1 is 1.69 bits per heavy atom. The second-order valence-corrected chi connectivity index (χ2v) is 4.14.